The first kappa shape index (κ1) is 28.5. The molecule has 2 amide bonds. The number of carbonyl (C=O) groups is 2. The van der Waals surface area contributed by atoms with Gasteiger partial charge >= 0.3 is 0 Å². The molecule has 0 spiro atoms. The fourth-order valence-corrected chi connectivity index (χ4v) is 5.76. The summed E-state index contributed by atoms with van der Waals surface area (Å²) in [6, 6.07) is 20.9. The number of hydrogen-bond donors (Lipinski definition) is 1. The van der Waals surface area contributed by atoms with Crippen LogP contribution in [0.15, 0.2) is 83.8 Å². The average Bonchev–Trinajstić information content (AvgIpc) is 2.87. The summed E-state index contributed by atoms with van der Waals surface area (Å²) in [5, 5.41) is 3.18. The molecule has 0 radical (unpaired) electrons. The third kappa shape index (κ3) is 7.47. The Morgan fingerprint density at radius 1 is 0.919 bits per heavy atom. The van der Waals surface area contributed by atoms with Crippen molar-refractivity contribution in [3.63, 3.8) is 0 Å². The van der Waals surface area contributed by atoms with Crippen LogP contribution in [0.1, 0.15) is 19.4 Å². The zero-order chi connectivity index (χ0) is 27.0. The molecular formula is C27H29Cl2N3O4S. The van der Waals surface area contributed by atoms with Gasteiger partial charge in [0.2, 0.25) is 11.8 Å². The molecule has 0 aliphatic heterocycles. The maximum Gasteiger partial charge on any atom is 0.264 e. The first-order chi connectivity index (χ1) is 17.6. The lowest BCUT2D eigenvalue weighted by Crippen LogP contribution is -2.52. The van der Waals surface area contributed by atoms with Crippen LogP contribution in [0.2, 0.25) is 10.0 Å². The van der Waals surface area contributed by atoms with E-state index in [0.29, 0.717) is 13.0 Å². The molecule has 7 nitrogen and oxygen atoms in total. The molecule has 1 atom stereocenters. The van der Waals surface area contributed by atoms with E-state index in [2.05, 4.69) is 5.32 Å². The molecule has 10 heteroatoms. The van der Waals surface area contributed by atoms with E-state index in [9.17, 15) is 18.0 Å². The van der Waals surface area contributed by atoms with Gasteiger partial charge in [0, 0.05) is 23.1 Å². The Hall–Kier alpha value is -3.07. The van der Waals surface area contributed by atoms with Gasteiger partial charge in [0.15, 0.2) is 0 Å². The minimum atomic E-state index is -4.17. The molecule has 3 rings (SSSR count). The normalized spacial score (nSPS) is 12.0. The minimum absolute atomic E-state index is 0.00603. The third-order valence-corrected chi connectivity index (χ3v) is 7.97. The van der Waals surface area contributed by atoms with E-state index in [0.717, 1.165) is 9.87 Å². The van der Waals surface area contributed by atoms with Gasteiger partial charge in [-0.25, -0.2) is 8.42 Å². The van der Waals surface area contributed by atoms with Gasteiger partial charge in [-0.3, -0.25) is 13.9 Å². The van der Waals surface area contributed by atoms with Crippen molar-refractivity contribution in [1.82, 2.24) is 10.2 Å². The largest absolute Gasteiger partial charge is 0.355 e. The van der Waals surface area contributed by atoms with Gasteiger partial charge in [-0.2, -0.15) is 0 Å². The summed E-state index contributed by atoms with van der Waals surface area (Å²) < 4.78 is 28.4. The van der Waals surface area contributed by atoms with Crippen LogP contribution in [0.4, 0.5) is 5.69 Å². The fraction of sp³-hybridized carbons (Fsp3) is 0.259. The summed E-state index contributed by atoms with van der Waals surface area (Å²) in [5.41, 5.74) is 1.13. The predicted octanol–water partition coefficient (Wildman–Crippen LogP) is 4.78. The van der Waals surface area contributed by atoms with E-state index in [1.165, 1.54) is 35.2 Å². The van der Waals surface area contributed by atoms with E-state index < -0.39 is 28.5 Å². The summed E-state index contributed by atoms with van der Waals surface area (Å²) in [6.07, 6.45) is 0.491. The van der Waals surface area contributed by atoms with Crippen molar-refractivity contribution in [2.45, 2.75) is 31.2 Å². The molecule has 0 saturated carbocycles. The summed E-state index contributed by atoms with van der Waals surface area (Å²) in [4.78, 5) is 27.8. The van der Waals surface area contributed by atoms with Crippen LogP contribution in [0.25, 0.3) is 0 Å². The van der Waals surface area contributed by atoms with Crippen molar-refractivity contribution >= 4 is 50.7 Å². The second kappa shape index (κ2) is 12.9. The lowest BCUT2D eigenvalue weighted by Gasteiger charge is -2.32. The Bertz CT molecular complexity index is 1300. The van der Waals surface area contributed by atoms with Crippen LogP contribution in [-0.2, 0) is 26.0 Å². The molecule has 3 aromatic carbocycles. The van der Waals surface area contributed by atoms with Crippen molar-refractivity contribution in [2.75, 3.05) is 23.9 Å². The van der Waals surface area contributed by atoms with Crippen LogP contribution in [0, 0.1) is 0 Å². The second-order valence-electron chi connectivity index (χ2n) is 8.35. The van der Waals surface area contributed by atoms with Gasteiger partial charge in [0.25, 0.3) is 10.0 Å². The van der Waals surface area contributed by atoms with Gasteiger partial charge in [0.1, 0.15) is 12.6 Å². The van der Waals surface area contributed by atoms with Crippen LogP contribution in [0.3, 0.4) is 0 Å². The minimum Gasteiger partial charge on any atom is -0.355 e. The highest BCUT2D eigenvalue weighted by atomic mass is 35.5. The average molecular weight is 563 g/mol. The first-order valence-electron chi connectivity index (χ1n) is 11.8. The van der Waals surface area contributed by atoms with Crippen LogP contribution >= 0.6 is 23.2 Å². The SMILES string of the molecule is CCNC(=O)C(C)N(CCc1ccccc1)C(=O)CN(c1cc(Cl)cc(Cl)c1)S(=O)(=O)c1ccccc1. The van der Waals surface area contributed by atoms with Gasteiger partial charge in [-0.05, 0) is 56.2 Å². The summed E-state index contributed by atoms with van der Waals surface area (Å²) >= 11 is 12.4. The highest BCUT2D eigenvalue weighted by molar-refractivity contribution is 7.92. The Morgan fingerprint density at radius 2 is 1.49 bits per heavy atom. The zero-order valence-corrected chi connectivity index (χ0v) is 22.9. The zero-order valence-electron chi connectivity index (χ0n) is 20.6. The fourth-order valence-electron chi connectivity index (χ4n) is 3.82. The van der Waals surface area contributed by atoms with Crippen LogP contribution in [0.5, 0.6) is 0 Å². The molecule has 3 aromatic rings. The number of sulfonamides is 1. The Labute approximate surface area is 228 Å². The van der Waals surface area contributed by atoms with Crippen LogP contribution < -0.4 is 9.62 Å². The van der Waals surface area contributed by atoms with Crippen molar-refractivity contribution in [3.05, 3.63) is 94.5 Å². The molecule has 1 unspecified atom stereocenters. The molecule has 0 aliphatic rings. The van der Waals surface area contributed by atoms with Crippen molar-refractivity contribution in [1.29, 1.82) is 0 Å². The van der Waals surface area contributed by atoms with Gasteiger partial charge < -0.3 is 10.2 Å². The number of rotatable bonds is 11. The van der Waals surface area contributed by atoms with Gasteiger partial charge in [-0.15, -0.1) is 0 Å². The highest BCUT2D eigenvalue weighted by Gasteiger charge is 2.32. The molecule has 196 valence electrons. The maximum absolute atomic E-state index is 13.7. The summed E-state index contributed by atoms with van der Waals surface area (Å²) in [7, 11) is -4.17. The number of nitrogens with zero attached hydrogens (tertiary/aromatic N) is 2. The number of carbonyl (C=O) groups excluding carboxylic acids is 2. The Morgan fingerprint density at radius 3 is 2.05 bits per heavy atom. The van der Waals surface area contributed by atoms with E-state index in [4.69, 9.17) is 23.2 Å². The molecule has 1 N–H and O–H groups in total. The molecule has 0 heterocycles. The molecule has 0 fully saturated rings. The van der Waals surface area contributed by atoms with E-state index in [-0.39, 0.29) is 33.1 Å². The molecule has 0 aliphatic carbocycles. The molecule has 0 bridgehead atoms. The first-order valence-corrected chi connectivity index (χ1v) is 14.0. The monoisotopic (exact) mass is 561 g/mol. The van der Waals surface area contributed by atoms with Gasteiger partial charge in [-0.1, -0.05) is 71.7 Å². The Balaban J connectivity index is 1.99. The molecule has 0 saturated heterocycles. The second-order valence-corrected chi connectivity index (χ2v) is 11.1. The quantitative estimate of drug-likeness (QED) is 0.364. The maximum atomic E-state index is 13.7. The van der Waals surface area contributed by atoms with Crippen molar-refractivity contribution < 1.29 is 18.0 Å². The molecular weight excluding hydrogens is 533 g/mol. The number of nitrogens with one attached hydrogen (secondary N) is 1. The lowest BCUT2D eigenvalue weighted by molar-refractivity contribution is -0.138. The highest BCUT2D eigenvalue weighted by Crippen LogP contribution is 2.30. The molecule has 0 aromatic heterocycles. The number of halogens is 2. The van der Waals surface area contributed by atoms with Crippen LogP contribution in [-0.4, -0.2) is 50.8 Å². The number of likely N-dealkylation sites (N-methyl/N-ethyl adjacent to an activating group) is 1. The topological polar surface area (TPSA) is 86.8 Å². The number of benzene rings is 3. The molecule has 37 heavy (non-hydrogen) atoms. The Kier molecular flexibility index (Phi) is 9.97. The van der Waals surface area contributed by atoms with E-state index in [1.54, 1.807) is 32.0 Å². The van der Waals surface area contributed by atoms with Crippen molar-refractivity contribution in [2.24, 2.45) is 0 Å². The number of anilines is 1. The van der Waals surface area contributed by atoms with Gasteiger partial charge in [0.05, 0.1) is 10.6 Å². The van der Waals surface area contributed by atoms with Crippen molar-refractivity contribution in [3.8, 4) is 0 Å². The predicted molar refractivity (Wildman–Crippen MR) is 147 cm³/mol. The number of amides is 2. The summed E-state index contributed by atoms with van der Waals surface area (Å²) in [6.45, 7) is 3.49. The lowest BCUT2D eigenvalue weighted by atomic mass is 10.1. The standard InChI is InChI=1S/C27H29Cl2N3O4S/c1-3-30-27(34)20(2)31(15-14-21-10-6-4-7-11-21)26(33)19-32(24-17-22(28)16-23(29)18-24)37(35,36)25-12-8-5-9-13-25/h4-13,16-18,20H,3,14-15,19H2,1-2H3,(H,30,34). The van der Waals surface area contributed by atoms with E-state index in [1.807, 2.05) is 30.3 Å². The summed E-state index contributed by atoms with van der Waals surface area (Å²) in [5.74, 6) is -0.863. The smallest absolute Gasteiger partial charge is 0.264 e. The third-order valence-electron chi connectivity index (χ3n) is 5.75. The van der Waals surface area contributed by atoms with E-state index >= 15 is 0 Å². The number of hydrogen-bond acceptors (Lipinski definition) is 4.